The molecule has 1 heterocycles. The molecule has 3 heteroatoms. The summed E-state index contributed by atoms with van der Waals surface area (Å²) in [6.45, 7) is 0. The molecule has 0 aliphatic heterocycles. The van der Waals surface area contributed by atoms with E-state index in [0.29, 0.717) is 5.92 Å². The Bertz CT molecular complexity index is 593. The van der Waals surface area contributed by atoms with Crippen molar-refractivity contribution in [3.05, 3.63) is 64.4 Å². The molecule has 2 nitrogen and oxygen atoms in total. The lowest BCUT2D eigenvalue weighted by molar-refractivity contribution is 0.414. The van der Waals surface area contributed by atoms with Gasteiger partial charge in [-0.15, -0.1) is 0 Å². The first-order valence-electron chi connectivity index (χ1n) is 7.17. The molecule has 1 aliphatic carbocycles. The molecule has 3 rings (SSSR count). The zero-order chi connectivity index (χ0) is 13.9. The molecule has 0 radical (unpaired) electrons. The second-order valence-electron chi connectivity index (χ2n) is 5.35. The predicted molar refractivity (Wildman–Crippen MR) is 83.2 cm³/mol. The maximum absolute atomic E-state index is 6.32. The molecule has 1 saturated carbocycles. The van der Waals surface area contributed by atoms with Crippen molar-refractivity contribution in [1.29, 1.82) is 0 Å². The van der Waals surface area contributed by atoms with Crippen LogP contribution in [0.3, 0.4) is 0 Å². The van der Waals surface area contributed by atoms with E-state index >= 15 is 0 Å². The van der Waals surface area contributed by atoms with E-state index in [2.05, 4.69) is 34.6 Å². The van der Waals surface area contributed by atoms with E-state index in [-0.39, 0.29) is 6.04 Å². The van der Waals surface area contributed by atoms with Gasteiger partial charge in [-0.3, -0.25) is 4.98 Å². The molecule has 104 valence electrons. The number of pyridine rings is 1. The molecule has 1 unspecified atom stereocenters. The van der Waals surface area contributed by atoms with Gasteiger partial charge in [0.25, 0.3) is 0 Å². The molecule has 20 heavy (non-hydrogen) atoms. The van der Waals surface area contributed by atoms with Crippen LogP contribution in [0.25, 0.3) is 0 Å². The van der Waals surface area contributed by atoms with Crippen LogP contribution in [0.1, 0.15) is 48.0 Å². The number of nitrogens with one attached hydrogen (secondary N) is 1. The van der Waals surface area contributed by atoms with E-state index in [0.717, 1.165) is 10.7 Å². The van der Waals surface area contributed by atoms with E-state index in [1.165, 1.54) is 30.4 Å². The van der Waals surface area contributed by atoms with Crippen molar-refractivity contribution in [2.45, 2.75) is 31.2 Å². The minimum Gasteiger partial charge on any atom is -0.308 e. The Morgan fingerprint density at radius 1 is 1.20 bits per heavy atom. The van der Waals surface area contributed by atoms with Crippen molar-refractivity contribution in [3.63, 3.8) is 0 Å². The zero-order valence-corrected chi connectivity index (χ0v) is 12.4. The number of aromatic nitrogens is 1. The number of hydrogen-bond acceptors (Lipinski definition) is 2. The standard InChI is InChI=1S/C17H19ClN2/c1-19-16(17-15(18)10-5-11-20-17)14-9-3-2-8-13(14)12-6-4-7-12/h2-3,5,8-12,16,19H,4,6-7H2,1H3. The lowest BCUT2D eigenvalue weighted by atomic mass is 9.77. The Balaban J connectivity index is 2.03. The van der Waals surface area contributed by atoms with Crippen LogP contribution in [0.15, 0.2) is 42.6 Å². The highest BCUT2D eigenvalue weighted by Crippen LogP contribution is 2.40. The highest BCUT2D eigenvalue weighted by molar-refractivity contribution is 6.31. The summed E-state index contributed by atoms with van der Waals surface area (Å²) in [5, 5.41) is 4.09. The largest absolute Gasteiger partial charge is 0.308 e. The van der Waals surface area contributed by atoms with Crippen molar-refractivity contribution in [2.24, 2.45) is 0 Å². The third-order valence-corrected chi connectivity index (χ3v) is 4.52. The third-order valence-electron chi connectivity index (χ3n) is 4.20. The lowest BCUT2D eigenvalue weighted by Crippen LogP contribution is -2.22. The van der Waals surface area contributed by atoms with Gasteiger partial charge in [-0.25, -0.2) is 0 Å². The normalized spacial score (nSPS) is 16.7. The molecule has 1 N–H and O–H groups in total. The van der Waals surface area contributed by atoms with Crippen molar-refractivity contribution in [1.82, 2.24) is 10.3 Å². The molecule has 1 aromatic heterocycles. The van der Waals surface area contributed by atoms with Crippen LogP contribution in [0.2, 0.25) is 5.02 Å². The fourth-order valence-corrected chi connectivity index (χ4v) is 3.15. The lowest BCUT2D eigenvalue weighted by Gasteiger charge is -2.30. The molecule has 0 spiro atoms. The fraction of sp³-hybridized carbons (Fsp3) is 0.353. The van der Waals surface area contributed by atoms with Gasteiger partial charge in [0.1, 0.15) is 0 Å². The van der Waals surface area contributed by atoms with Gasteiger partial charge in [-0.2, -0.15) is 0 Å². The second kappa shape index (κ2) is 5.94. The quantitative estimate of drug-likeness (QED) is 0.906. The van der Waals surface area contributed by atoms with E-state index < -0.39 is 0 Å². The monoisotopic (exact) mass is 286 g/mol. The number of rotatable bonds is 4. The summed E-state index contributed by atoms with van der Waals surface area (Å²) in [6, 6.07) is 12.5. The molecule has 1 atom stereocenters. The van der Waals surface area contributed by atoms with Crippen molar-refractivity contribution in [3.8, 4) is 0 Å². The van der Waals surface area contributed by atoms with Crippen LogP contribution < -0.4 is 5.32 Å². The fourth-order valence-electron chi connectivity index (χ4n) is 2.91. The maximum Gasteiger partial charge on any atom is 0.0804 e. The SMILES string of the molecule is CNC(c1ccccc1C1CCC1)c1ncccc1Cl. The number of nitrogens with zero attached hydrogens (tertiary/aromatic N) is 1. The zero-order valence-electron chi connectivity index (χ0n) is 11.6. The average Bonchev–Trinajstić information content (AvgIpc) is 2.41. The molecule has 1 aliphatic rings. The highest BCUT2D eigenvalue weighted by atomic mass is 35.5. The first kappa shape index (κ1) is 13.6. The Morgan fingerprint density at radius 2 is 2.00 bits per heavy atom. The predicted octanol–water partition coefficient (Wildman–Crippen LogP) is 4.31. The number of hydrogen-bond donors (Lipinski definition) is 1. The maximum atomic E-state index is 6.32. The van der Waals surface area contributed by atoms with Gasteiger partial charge in [0.2, 0.25) is 0 Å². The van der Waals surface area contributed by atoms with Crippen molar-refractivity contribution in [2.75, 3.05) is 7.05 Å². The molecule has 0 amide bonds. The summed E-state index contributed by atoms with van der Waals surface area (Å²) in [5.41, 5.74) is 3.66. The van der Waals surface area contributed by atoms with Gasteiger partial charge in [0.05, 0.1) is 16.8 Å². The van der Waals surface area contributed by atoms with Crippen LogP contribution in [0, 0.1) is 0 Å². The van der Waals surface area contributed by atoms with E-state index in [4.69, 9.17) is 11.6 Å². The third kappa shape index (κ3) is 2.46. The van der Waals surface area contributed by atoms with E-state index in [1.54, 1.807) is 6.20 Å². The molecule has 1 fully saturated rings. The summed E-state index contributed by atoms with van der Waals surface area (Å²) < 4.78 is 0. The van der Waals surface area contributed by atoms with E-state index in [9.17, 15) is 0 Å². The van der Waals surface area contributed by atoms with Gasteiger partial charge < -0.3 is 5.32 Å². The molecule has 0 bridgehead atoms. The molecular weight excluding hydrogens is 268 g/mol. The van der Waals surface area contributed by atoms with Gasteiger partial charge in [0.15, 0.2) is 0 Å². The summed E-state index contributed by atoms with van der Waals surface area (Å²) in [4.78, 5) is 4.48. The molecule has 1 aromatic carbocycles. The summed E-state index contributed by atoms with van der Waals surface area (Å²) in [6.07, 6.45) is 5.73. The Labute approximate surface area is 125 Å². The minimum absolute atomic E-state index is 0.0560. The average molecular weight is 287 g/mol. The van der Waals surface area contributed by atoms with Gasteiger partial charge in [0, 0.05) is 6.20 Å². The first-order chi connectivity index (χ1) is 9.81. The van der Waals surface area contributed by atoms with Crippen molar-refractivity contribution < 1.29 is 0 Å². The number of benzene rings is 1. The Hall–Kier alpha value is -1.38. The summed E-state index contributed by atoms with van der Waals surface area (Å²) in [7, 11) is 1.97. The first-order valence-corrected chi connectivity index (χ1v) is 7.55. The molecule has 0 saturated heterocycles. The molecular formula is C17H19ClN2. The summed E-state index contributed by atoms with van der Waals surface area (Å²) in [5.74, 6) is 0.699. The summed E-state index contributed by atoms with van der Waals surface area (Å²) >= 11 is 6.32. The van der Waals surface area contributed by atoms with Gasteiger partial charge >= 0.3 is 0 Å². The van der Waals surface area contributed by atoms with Crippen LogP contribution >= 0.6 is 11.6 Å². The highest BCUT2D eigenvalue weighted by Gasteiger charge is 2.26. The van der Waals surface area contributed by atoms with Crippen LogP contribution in [0.4, 0.5) is 0 Å². The van der Waals surface area contributed by atoms with Crippen LogP contribution in [-0.2, 0) is 0 Å². The number of halogens is 1. The Kier molecular flexibility index (Phi) is 4.04. The van der Waals surface area contributed by atoms with Gasteiger partial charge in [-0.1, -0.05) is 42.3 Å². The minimum atomic E-state index is 0.0560. The second-order valence-corrected chi connectivity index (χ2v) is 5.76. The molecule has 2 aromatic rings. The van der Waals surface area contributed by atoms with Crippen LogP contribution in [-0.4, -0.2) is 12.0 Å². The topological polar surface area (TPSA) is 24.9 Å². The van der Waals surface area contributed by atoms with Gasteiger partial charge in [-0.05, 0) is 49.1 Å². The Morgan fingerprint density at radius 3 is 2.65 bits per heavy atom. The van der Waals surface area contributed by atoms with E-state index in [1.807, 2.05) is 19.2 Å². The van der Waals surface area contributed by atoms with Crippen molar-refractivity contribution >= 4 is 11.6 Å². The van der Waals surface area contributed by atoms with Crippen LogP contribution in [0.5, 0.6) is 0 Å². The smallest absolute Gasteiger partial charge is 0.0804 e.